The van der Waals surface area contributed by atoms with Gasteiger partial charge in [-0.05, 0) is 19.3 Å². The van der Waals surface area contributed by atoms with E-state index in [0.717, 1.165) is 26.4 Å². The SMILES string of the molecule is CC(C)NCC1(OCC2CCOC2)CCCCC1. The molecule has 1 saturated carbocycles. The molecule has 2 rings (SSSR count). The number of hydrogen-bond donors (Lipinski definition) is 1. The normalized spacial score (nSPS) is 27.8. The molecular formula is C15H29NO2. The molecule has 1 unspecified atom stereocenters. The van der Waals surface area contributed by atoms with Gasteiger partial charge in [-0.2, -0.15) is 0 Å². The molecule has 0 amide bonds. The van der Waals surface area contributed by atoms with E-state index in [1.165, 1.54) is 38.5 Å². The Morgan fingerprint density at radius 3 is 2.67 bits per heavy atom. The second-order valence-corrected chi connectivity index (χ2v) is 6.32. The minimum atomic E-state index is 0.102. The summed E-state index contributed by atoms with van der Waals surface area (Å²) in [6, 6.07) is 0.544. The van der Waals surface area contributed by atoms with Gasteiger partial charge >= 0.3 is 0 Å². The zero-order chi connectivity index (χ0) is 12.8. The molecule has 106 valence electrons. The molecule has 1 aliphatic carbocycles. The summed E-state index contributed by atoms with van der Waals surface area (Å²) in [5.41, 5.74) is 0.102. The Kier molecular flexibility index (Phi) is 5.46. The van der Waals surface area contributed by atoms with Crippen LogP contribution in [-0.4, -0.2) is 38.0 Å². The smallest absolute Gasteiger partial charge is 0.0806 e. The first-order valence-electron chi connectivity index (χ1n) is 7.65. The third kappa shape index (κ3) is 4.22. The van der Waals surface area contributed by atoms with E-state index < -0.39 is 0 Å². The van der Waals surface area contributed by atoms with Gasteiger partial charge in [-0.25, -0.2) is 0 Å². The van der Waals surface area contributed by atoms with Crippen LogP contribution in [0.4, 0.5) is 0 Å². The summed E-state index contributed by atoms with van der Waals surface area (Å²) in [5, 5.41) is 3.58. The van der Waals surface area contributed by atoms with Crippen molar-refractivity contribution in [3.63, 3.8) is 0 Å². The highest BCUT2D eigenvalue weighted by Crippen LogP contribution is 2.32. The van der Waals surface area contributed by atoms with Crippen LogP contribution in [0, 0.1) is 5.92 Å². The number of rotatable bonds is 6. The van der Waals surface area contributed by atoms with Crippen molar-refractivity contribution in [1.82, 2.24) is 5.32 Å². The van der Waals surface area contributed by atoms with Crippen LogP contribution in [0.3, 0.4) is 0 Å². The Hall–Kier alpha value is -0.120. The Labute approximate surface area is 112 Å². The Morgan fingerprint density at radius 1 is 1.28 bits per heavy atom. The Bertz CT molecular complexity index is 231. The van der Waals surface area contributed by atoms with Gasteiger partial charge in [0.1, 0.15) is 0 Å². The summed E-state index contributed by atoms with van der Waals surface area (Å²) in [5.74, 6) is 0.628. The summed E-state index contributed by atoms with van der Waals surface area (Å²) in [7, 11) is 0. The van der Waals surface area contributed by atoms with Gasteiger partial charge in [-0.15, -0.1) is 0 Å². The summed E-state index contributed by atoms with van der Waals surface area (Å²) in [4.78, 5) is 0. The van der Waals surface area contributed by atoms with E-state index in [0.29, 0.717) is 12.0 Å². The van der Waals surface area contributed by atoms with E-state index in [2.05, 4.69) is 19.2 Å². The Balaban J connectivity index is 1.82. The maximum Gasteiger partial charge on any atom is 0.0806 e. The van der Waals surface area contributed by atoms with Crippen LogP contribution in [0.25, 0.3) is 0 Å². The van der Waals surface area contributed by atoms with Gasteiger partial charge in [0, 0.05) is 25.1 Å². The summed E-state index contributed by atoms with van der Waals surface area (Å²) in [6.45, 7) is 8.14. The van der Waals surface area contributed by atoms with Crippen LogP contribution < -0.4 is 5.32 Å². The maximum absolute atomic E-state index is 6.36. The summed E-state index contributed by atoms with van der Waals surface area (Å²) < 4.78 is 11.8. The molecule has 18 heavy (non-hydrogen) atoms. The minimum absolute atomic E-state index is 0.102. The maximum atomic E-state index is 6.36. The number of hydrogen-bond acceptors (Lipinski definition) is 3. The molecule has 1 heterocycles. The van der Waals surface area contributed by atoms with Crippen molar-refractivity contribution in [2.75, 3.05) is 26.4 Å². The highest BCUT2D eigenvalue weighted by molar-refractivity contribution is 4.87. The third-order valence-corrected chi connectivity index (χ3v) is 4.25. The van der Waals surface area contributed by atoms with Gasteiger partial charge in [-0.3, -0.25) is 0 Å². The van der Waals surface area contributed by atoms with Crippen LogP contribution in [0.1, 0.15) is 52.4 Å². The second-order valence-electron chi connectivity index (χ2n) is 6.32. The van der Waals surface area contributed by atoms with E-state index in [1.807, 2.05) is 0 Å². The first-order chi connectivity index (χ1) is 8.70. The summed E-state index contributed by atoms with van der Waals surface area (Å²) in [6.07, 6.45) is 7.63. The van der Waals surface area contributed by atoms with Crippen LogP contribution in [0.5, 0.6) is 0 Å². The molecule has 0 aromatic carbocycles. The average Bonchev–Trinajstić information content (AvgIpc) is 2.89. The minimum Gasteiger partial charge on any atom is -0.381 e. The van der Waals surface area contributed by atoms with Gasteiger partial charge in [0.25, 0.3) is 0 Å². The predicted octanol–water partition coefficient (Wildman–Crippen LogP) is 2.74. The topological polar surface area (TPSA) is 30.5 Å². The zero-order valence-electron chi connectivity index (χ0n) is 12.0. The van der Waals surface area contributed by atoms with Gasteiger partial charge in [0.15, 0.2) is 0 Å². The molecule has 1 N–H and O–H groups in total. The molecule has 3 heteroatoms. The number of nitrogens with one attached hydrogen (secondary N) is 1. The quantitative estimate of drug-likeness (QED) is 0.791. The molecule has 0 radical (unpaired) electrons. The van der Waals surface area contributed by atoms with Crippen molar-refractivity contribution in [3.8, 4) is 0 Å². The van der Waals surface area contributed by atoms with Crippen molar-refractivity contribution in [2.45, 2.75) is 64.0 Å². The van der Waals surface area contributed by atoms with E-state index in [1.54, 1.807) is 0 Å². The molecule has 0 aromatic rings. The van der Waals surface area contributed by atoms with E-state index in [4.69, 9.17) is 9.47 Å². The zero-order valence-corrected chi connectivity index (χ0v) is 12.0. The van der Waals surface area contributed by atoms with Crippen LogP contribution in [0.2, 0.25) is 0 Å². The third-order valence-electron chi connectivity index (χ3n) is 4.25. The van der Waals surface area contributed by atoms with Gasteiger partial charge < -0.3 is 14.8 Å². The molecule has 0 spiro atoms. The van der Waals surface area contributed by atoms with Crippen molar-refractivity contribution in [3.05, 3.63) is 0 Å². The fraction of sp³-hybridized carbons (Fsp3) is 1.00. The fourth-order valence-corrected chi connectivity index (χ4v) is 2.97. The molecule has 0 aromatic heterocycles. The first-order valence-corrected chi connectivity index (χ1v) is 7.65. The predicted molar refractivity (Wildman–Crippen MR) is 73.8 cm³/mol. The lowest BCUT2D eigenvalue weighted by Gasteiger charge is -2.38. The van der Waals surface area contributed by atoms with Crippen molar-refractivity contribution >= 4 is 0 Å². The van der Waals surface area contributed by atoms with Gasteiger partial charge in [0.05, 0.1) is 18.8 Å². The molecule has 2 aliphatic rings. The fourth-order valence-electron chi connectivity index (χ4n) is 2.97. The largest absolute Gasteiger partial charge is 0.381 e. The molecule has 1 aliphatic heterocycles. The molecule has 3 nitrogen and oxygen atoms in total. The van der Waals surface area contributed by atoms with Crippen molar-refractivity contribution in [1.29, 1.82) is 0 Å². The van der Waals surface area contributed by atoms with E-state index in [-0.39, 0.29) is 5.60 Å². The Morgan fingerprint density at radius 2 is 2.06 bits per heavy atom. The van der Waals surface area contributed by atoms with Crippen LogP contribution in [0.15, 0.2) is 0 Å². The van der Waals surface area contributed by atoms with Crippen LogP contribution in [-0.2, 0) is 9.47 Å². The molecular weight excluding hydrogens is 226 g/mol. The lowest BCUT2D eigenvalue weighted by molar-refractivity contribution is -0.0826. The number of ether oxygens (including phenoxy) is 2. The molecule has 1 saturated heterocycles. The first kappa shape index (κ1) is 14.3. The van der Waals surface area contributed by atoms with Crippen molar-refractivity contribution in [2.24, 2.45) is 5.92 Å². The second kappa shape index (κ2) is 6.88. The highest BCUT2D eigenvalue weighted by atomic mass is 16.5. The standard InChI is InChI=1S/C15H29NO2/c1-13(2)16-12-15(7-4-3-5-8-15)18-11-14-6-9-17-10-14/h13-14,16H,3-12H2,1-2H3. The molecule has 0 bridgehead atoms. The highest BCUT2D eigenvalue weighted by Gasteiger charge is 2.34. The van der Waals surface area contributed by atoms with E-state index in [9.17, 15) is 0 Å². The molecule has 2 fully saturated rings. The lowest BCUT2D eigenvalue weighted by atomic mass is 9.84. The van der Waals surface area contributed by atoms with E-state index >= 15 is 0 Å². The van der Waals surface area contributed by atoms with Gasteiger partial charge in [0.2, 0.25) is 0 Å². The van der Waals surface area contributed by atoms with Crippen LogP contribution >= 0.6 is 0 Å². The average molecular weight is 255 g/mol. The van der Waals surface area contributed by atoms with Gasteiger partial charge in [-0.1, -0.05) is 33.1 Å². The summed E-state index contributed by atoms with van der Waals surface area (Å²) >= 11 is 0. The lowest BCUT2D eigenvalue weighted by Crippen LogP contribution is -2.47. The molecule has 1 atom stereocenters. The monoisotopic (exact) mass is 255 g/mol. The van der Waals surface area contributed by atoms with Crippen molar-refractivity contribution < 1.29 is 9.47 Å².